The van der Waals surface area contributed by atoms with Crippen LogP contribution in [0.3, 0.4) is 0 Å². The van der Waals surface area contributed by atoms with Crippen LogP contribution in [0.1, 0.15) is 26.3 Å². The zero-order valence-electron chi connectivity index (χ0n) is 7.76. The fraction of sp³-hybridized carbons (Fsp3) is 0.500. The van der Waals surface area contributed by atoms with Crippen molar-refractivity contribution >= 4 is 0 Å². The molecule has 0 saturated heterocycles. The largest absolute Gasteiger partial charge is 0.228 e. The van der Waals surface area contributed by atoms with Crippen LogP contribution >= 0.6 is 0 Å². The van der Waals surface area contributed by atoms with Gasteiger partial charge >= 0.3 is 0 Å². The molecule has 0 spiro atoms. The maximum atomic E-state index is 13.0. The first-order valence-corrected chi connectivity index (χ1v) is 4.08. The van der Waals surface area contributed by atoms with Crippen LogP contribution in [0.4, 0.5) is 4.39 Å². The Labute approximate surface area is 72.6 Å². The van der Waals surface area contributed by atoms with E-state index in [1.807, 2.05) is 0 Å². The highest BCUT2D eigenvalue weighted by Crippen LogP contribution is 2.20. The van der Waals surface area contributed by atoms with E-state index in [-0.39, 0.29) is 11.4 Å². The van der Waals surface area contributed by atoms with Crippen LogP contribution in [0.15, 0.2) is 18.3 Å². The molecule has 0 fully saturated rings. The molecular weight excluding hydrogens is 153 g/mol. The summed E-state index contributed by atoms with van der Waals surface area (Å²) < 4.78 is 13.0. The summed E-state index contributed by atoms with van der Waals surface area (Å²) in [6.45, 7) is 6.25. The molecule has 0 unspecified atom stereocenters. The number of hydrogen-bond donors (Lipinski definition) is 0. The molecule has 1 nitrogen and oxygen atoms in total. The Balaban J connectivity index is 2.83. The smallest absolute Gasteiger partial charge is 0.216 e. The molecule has 66 valence electrons. The lowest BCUT2D eigenvalue weighted by Crippen LogP contribution is -2.10. The first-order valence-electron chi connectivity index (χ1n) is 4.08. The zero-order valence-corrected chi connectivity index (χ0v) is 7.76. The number of rotatable bonds is 1. The summed E-state index contributed by atoms with van der Waals surface area (Å²) in [5.74, 6) is -0.340. The van der Waals surface area contributed by atoms with Crippen LogP contribution < -0.4 is 0 Å². The summed E-state index contributed by atoms with van der Waals surface area (Å²) in [4.78, 5) is 3.60. The van der Waals surface area contributed by atoms with Crippen molar-refractivity contribution in [3.05, 3.63) is 29.8 Å². The summed E-state index contributed by atoms with van der Waals surface area (Å²) in [5, 5.41) is 0. The third-order valence-corrected chi connectivity index (χ3v) is 1.56. The SMILES string of the molecule is CC(C)(C)Cc1cccnc1F. The minimum absolute atomic E-state index is 0.115. The average Bonchev–Trinajstić information content (AvgIpc) is 1.91. The Bertz CT molecular complexity index is 263. The molecule has 0 atom stereocenters. The highest BCUT2D eigenvalue weighted by Gasteiger charge is 2.13. The second-order valence-electron chi connectivity index (χ2n) is 4.19. The van der Waals surface area contributed by atoms with E-state index < -0.39 is 0 Å². The zero-order chi connectivity index (χ0) is 9.19. The standard InChI is InChI=1S/C10H14FN/c1-10(2,3)7-8-5-4-6-12-9(8)11/h4-6H,7H2,1-3H3. The predicted octanol–water partition coefficient (Wildman–Crippen LogP) is 2.81. The molecule has 12 heavy (non-hydrogen) atoms. The Hall–Kier alpha value is -0.920. The number of aromatic nitrogens is 1. The number of pyridine rings is 1. The van der Waals surface area contributed by atoms with Gasteiger partial charge in [0.2, 0.25) is 5.95 Å². The summed E-state index contributed by atoms with van der Waals surface area (Å²) in [7, 11) is 0. The Morgan fingerprint density at radius 3 is 2.58 bits per heavy atom. The normalized spacial score (nSPS) is 11.7. The van der Waals surface area contributed by atoms with Crippen molar-refractivity contribution in [2.24, 2.45) is 5.41 Å². The predicted molar refractivity (Wildman–Crippen MR) is 47.4 cm³/mol. The molecule has 2 heteroatoms. The lowest BCUT2D eigenvalue weighted by Gasteiger charge is -2.17. The van der Waals surface area contributed by atoms with Crippen LogP contribution in [0, 0.1) is 11.4 Å². The maximum Gasteiger partial charge on any atom is 0.216 e. The second-order valence-corrected chi connectivity index (χ2v) is 4.19. The number of hydrogen-bond acceptors (Lipinski definition) is 1. The van der Waals surface area contributed by atoms with Crippen LogP contribution in [0.5, 0.6) is 0 Å². The molecule has 1 rings (SSSR count). The lowest BCUT2D eigenvalue weighted by atomic mass is 9.89. The number of halogens is 1. The number of nitrogens with zero attached hydrogens (tertiary/aromatic N) is 1. The van der Waals surface area contributed by atoms with E-state index in [1.54, 1.807) is 12.1 Å². The van der Waals surface area contributed by atoms with Gasteiger partial charge in [-0.2, -0.15) is 4.39 Å². The first-order chi connectivity index (χ1) is 5.49. The van der Waals surface area contributed by atoms with E-state index in [0.29, 0.717) is 5.56 Å². The molecule has 0 aliphatic carbocycles. The molecule has 0 aliphatic heterocycles. The fourth-order valence-electron chi connectivity index (χ4n) is 1.12. The maximum absolute atomic E-state index is 13.0. The Kier molecular flexibility index (Phi) is 2.46. The molecule has 0 radical (unpaired) electrons. The second kappa shape index (κ2) is 3.21. The van der Waals surface area contributed by atoms with Crippen molar-refractivity contribution in [3.63, 3.8) is 0 Å². The molecule has 0 saturated carbocycles. The van der Waals surface area contributed by atoms with Crippen LogP contribution in [0.25, 0.3) is 0 Å². The van der Waals surface area contributed by atoms with Gasteiger partial charge in [0.1, 0.15) is 0 Å². The van der Waals surface area contributed by atoms with Crippen LogP contribution in [-0.4, -0.2) is 4.98 Å². The van der Waals surface area contributed by atoms with Crippen molar-refractivity contribution in [1.82, 2.24) is 4.98 Å². The van der Waals surface area contributed by atoms with Gasteiger partial charge in [-0.1, -0.05) is 26.8 Å². The molecule has 0 aromatic carbocycles. The first kappa shape index (κ1) is 9.17. The van der Waals surface area contributed by atoms with Gasteiger partial charge in [-0.15, -0.1) is 0 Å². The third-order valence-electron chi connectivity index (χ3n) is 1.56. The van der Waals surface area contributed by atoms with Crippen LogP contribution in [-0.2, 0) is 6.42 Å². The quantitative estimate of drug-likeness (QED) is 0.586. The third kappa shape index (κ3) is 2.61. The van der Waals surface area contributed by atoms with Crippen molar-refractivity contribution in [2.75, 3.05) is 0 Å². The molecular formula is C10H14FN. The van der Waals surface area contributed by atoms with Crippen molar-refractivity contribution in [1.29, 1.82) is 0 Å². The topological polar surface area (TPSA) is 12.9 Å². The molecule has 1 aromatic heterocycles. The van der Waals surface area contributed by atoms with E-state index in [9.17, 15) is 4.39 Å². The van der Waals surface area contributed by atoms with Crippen molar-refractivity contribution < 1.29 is 4.39 Å². The van der Waals surface area contributed by atoms with E-state index >= 15 is 0 Å². The summed E-state index contributed by atoms with van der Waals surface area (Å²) >= 11 is 0. The van der Waals surface area contributed by atoms with E-state index in [2.05, 4.69) is 25.8 Å². The van der Waals surface area contributed by atoms with Gasteiger partial charge in [0.25, 0.3) is 0 Å². The minimum Gasteiger partial charge on any atom is -0.228 e. The molecule has 0 N–H and O–H groups in total. The van der Waals surface area contributed by atoms with Gasteiger partial charge in [0, 0.05) is 11.8 Å². The van der Waals surface area contributed by atoms with E-state index in [0.717, 1.165) is 6.42 Å². The molecule has 1 heterocycles. The summed E-state index contributed by atoms with van der Waals surface area (Å²) in [5.41, 5.74) is 0.814. The minimum atomic E-state index is -0.340. The molecule has 0 aliphatic rings. The van der Waals surface area contributed by atoms with Gasteiger partial charge < -0.3 is 0 Å². The fourth-order valence-corrected chi connectivity index (χ4v) is 1.12. The molecule has 1 aromatic rings. The van der Waals surface area contributed by atoms with Gasteiger partial charge in [-0.3, -0.25) is 0 Å². The van der Waals surface area contributed by atoms with E-state index in [1.165, 1.54) is 6.20 Å². The van der Waals surface area contributed by atoms with Gasteiger partial charge in [-0.25, -0.2) is 4.98 Å². The van der Waals surface area contributed by atoms with E-state index in [4.69, 9.17) is 0 Å². The van der Waals surface area contributed by atoms with Crippen molar-refractivity contribution in [2.45, 2.75) is 27.2 Å². The van der Waals surface area contributed by atoms with Gasteiger partial charge in [0.15, 0.2) is 0 Å². The average molecular weight is 167 g/mol. The highest BCUT2D eigenvalue weighted by molar-refractivity contribution is 5.12. The summed E-state index contributed by atoms with van der Waals surface area (Å²) in [6.07, 6.45) is 2.20. The monoisotopic (exact) mass is 167 g/mol. The highest BCUT2D eigenvalue weighted by atomic mass is 19.1. The molecule has 0 bridgehead atoms. The lowest BCUT2D eigenvalue weighted by molar-refractivity contribution is 0.398. The van der Waals surface area contributed by atoms with Crippen LogP contribution in [0.2, 0.25) is 0 Å². The Morgan fingerprint density at radius 2 is 2.08 bits per heavy atom. The Morgan fingerprint density at radius 1 is 1.42 bits per heavy atom. The van der Waals surface area contributed by atoms with Crippen molar-refractivity contribution in [3.8, 4) is 0 Å². The van der Waals surface area contributed by atoms with Gasteiger partial charge in [-0.05, 0) is 17.9 Å². The molecule has 0 amide bonds. The van der Waals surface area contributed by atoms with Gasteiger partial charge in [0.05, 0.1) is 0 Å². The summed E-state index contributed by atoms with van der Waals surface area (Å²) in [6, 6.07) is 3.55.